The number of carbonyl (C=O) groups is 2. The molecule has 112 valence electrons. The quantitative estimate of drug-likeness (QED) is 0.696. The lowest BCUT2D eigenvalue weighted by molar-refractivity contribution is -0.161. The van der Waals surface area contributed by atoms with Gasteiger partial charge in [0, 0.05) is 6.42 Å². The van der Waals surface area contributed by atoms with Crippen molar-refractivity contribution in [3.8, 4) is 0 Å². The smallest absolute Gasteiger partial charge is 0.324 e. The number of benzene rings is 2. The molecule has 0 saturated carbocycles. The van der Waals surface area contributed by atoms with Crippen LogP contribution in [0.2, 0.25) is 0 Å². The molecule has 1 saturated heterocycles. The predicted octanol–water partition coefficient (Wildman–Crippen LogP) is 2.99. The maximum Gasteiger partial charge on any atom is 0.324 e. The molecule has 1 aliphatic rings. The maximum absolute atomic E-state index is 12.3. The molecule has 1 fully saturated rings. The summed E-state index contributed by atoms with van der Waals surface area (Å²) in [5.74, 6) is -1.78. The van der Waals surface area contributed by atoms with E-state index in [2.05, 4.69) is 0 Å². The third kappa shape index (κ3) is 2.48. The van der Waals surface area contributed by atoms with Crippen molar-refractivity contribution in [3.63, 3.8) is 0 Å². The zero-order valence-corrected chi connectivity index (χ0v) is 11.9. The minimum Gasteiger partial charge on any atom is -0.480 e. The Morgan fingerprint density at radius 3 is 2.27 bits per heavy atom. The van der Waals surface area contributed by atoms with Gasteiger partial charge in [0.1, 0.15) is 6.10 Å². The molecular weight excluding hydrogens is 280 g/mol. The number of carboxylic acid groups (broad SMARTS) is 1. The molecule has 2 aromatic rings. The molecule has 2 atom stereocenters. The molecular formula is C18H16O4. The van der Waals surface area contributed by atoms with E-state index in [0.29, 0.717) is 0 Å². The molecule has 1 N–H and O–H groups in total. The number of esters is 1. The van der Waals surface area contributed by atoms with Crippen molar-refractivity contribution in [3.05, 3.63) is 71.8 Å². The Morgan fingerprint density at radius 1 is 1.09 bits per heavy atom. The van der Waals surface area contributed by atoms with Gasteiger partial charge in [-0.1, -0.05) is 60.7 Å². The number of cyclic esters (lactones) is 1. The number of carbonyl (C=O) groups excluding carboxylic acids is 1. The van der Waals surface area contributed by atoms with E-state index in [9.17, 15) is 14.7 Å². The zero-order chi connectivity index (χ0) is 15.6. The highest BCUT2D eigenvalue weighted by Gasteiger charge is 2.55. The molecule has 2 aromatic carbocycles. The van der Waals surface area contributed by atoms with Gasteiger partial charge >= 0.3 is 11.9 Å². The van der Waals surface area contributed by atoms with Crippen LogP contribution in [-0.4, -0.2) is 17.0 Å². The lowest BCUT2D eigenvalue weighted by Gasteiger charge is -2.19. The van der Waals surface area contributed by atoms with Crippen LogP contribution in [0, 0.1) is 5.41 Å². The van der Waals surface area contributed by atoms with Crippen LogP contribution in [0.25, 0.3) is 0 Å². The Balaban J connectivity index is 1.91. The van der Waals surface area contributed by atoms with Crippen molar-refractivity contribution < 1.29 is 19.4 Å². The number of hydrogen-bond donors (Lipinski definition) is 1. The Kier molecular flexibility index (Phi) is 3.67. The summed E-state index contributed by atoms with van der Waals surface area (Å²) >= 11 is 0. The second-order valence-electron chi connectivity index (χ2n) is 5.56. The van der Waals surface area contributed by atoms with Gasteiger partial charge in [-0.05, 0) is 17.5 Å². The van der Waals surface area contributed by atoms with Crippen molar-refractivity contribution in [1.82, 2.24) is 0 Å². The van der Waals surface area contributed by atoms with Crippen LogP contribution in [0.15, 0.2) is 60.7 Å². The normalized spacial score (nSPS) is 24.0. The molecule has 0 aliphatic carbocycles. The maximum atomic E-state index is 12.3. The van der Waals surface area contributed by atoms with E-state index in [4.69, 9.17) is 4.74 Å². The molecule has 0 aromatic heterocycles. The summed E-state index contributed by atoms with van der Waals surface area (Å²) in [6.45, 7) is 0. The number of aliphatic carboxylic acids is 1. The van der Waals surface area contributed by atoms with Crippen molar-refractivity contribution >= 4 is 11.9 Å². The second-order valence-corrected chi connectivity index (χ2v) is 5.56. The number of carboxylic acids is 1. The SMILES string of the molecule is O=C(O)C1(Cc2ccccc2)CC(c2ccccc2)OC1=O. The molecule has 0 amide bonds. The largest absolute Gasteiger partial charge is 0.480 e. The lowest BCUT2D eigenvalue weighted by atomic mass is 9.78. The van der Waals surface area contributed by atoms with Crippen LogP contribution in [-0.2, 0) is 20.7 Å². The van der Waals surface area contributed by atoms with E-state index in [1.54, 1.807) is 0 Å². The molecule has 0 spiro atoms. The van der Waals surface area contributed by atoms with E-state index in [1.165, 1.54) is 0 Å². The summed E-state index contributed by atoms with van der Waals surface area (Å²) in [6, 6.07) is 18.4. The number of rotatable bonds is 4. The first-order valence-electron chi connectivity index (χ1n) is 7.15. The van der Waals surface area contributed by atoms with Gasteiger partial charge in [0.2, 0.25) is 0 Å². The minimum absolute atomic E-state index is 0.144. The third-order valence-electron chi connectivity index (χ3n) is 4.10. The highest BCUT2D eigenvalue weighted by atomic mass is 16.6. The lowest BCUT2D eigenvalue weighted by Crippen LogP contribution is -2.37. The van der Waals surface area contributed by atoms with Crippen molar-refractivity contribution in [2.45, 2.75) is 18.9 Å². The fraction of sp³-hybridized carbons (Fsp3) is 0.222. The van der Waals surface area contributed by atoms with E-state index in [0.717, 1.165) is 11.1 Å². The van der Waals surface area contributed by atoms with Gasteiger partial charge in [-0.25, -0.2) is 0 Å². The average Bonchev–Trinajstić information content (AvgIpc) is 2.87. The second kappa shape index (κ2) is 5.64. The Morgan fingerprint density at radius 2 is 1.68 bits per heavy atom. The highest BCUT2D eigenvalue weighted by Crippen LogP contribution is 2.44. The summed E-state index contributed by atoms with van der Waals surface area (Å²) in [4.78, 5) is 24.1. The van der Waals surface area contributed by atoms with Crippen LogP contribution >= 0.6 is 0 Å². The topological polar surface area (TPSA) is 63.6 Å². The van der Waals surface area contributed by atoms with Crippen molar-refractivity contribution in [2.75, 3.05) is 0 Å². The molecule has 1 heterocycles. The fourth-order valence-corrected chi connectivity index (χ4v) is 2.88. The Bertz CT molecular complexity index is 681. The van der Waals surface area contributed by atoms with E-state index >= 15 is 0 Å². The highest BCUT2D eigenvalue weighted by molar-refractivity contribution is 6.01. The summed E-state index contributed by atoms with van der Waals surface area (Å²) in [7, 11) is 0. The number of hydrogen-bond acceptors (Lipinski definition) is 3. The van der Waals surface area contributed by atoms with Gasteiger partial charge in [0.05, 0.1) is 0 Å². The molecule has 22 heavy (non-hydrogen) atoms. The minimum atomic E-state index is -1.51. The van der Waals surface area contributed by atoms with E-state index in [1.807, 2.05) is 60.7 Å². The predicted molar refractivity (Wildman–Crippen MR) is 80.1 cm³/mol. The molecule has 0 radical (unpaired) electrons. The average molecular weight is 296 g/mol. The number of ether oxygens (including phenoxy) is 1. The van der Waals surface area contributed by atoms with Crippen LogP contribution < -0.4 is 0 Å². The van der Waals surface area contributed by atoms with Gasteiger partial charge in [-0.3, -0.25) is 9.59 Å². The molecule has 2 unspecified atom stereocenters. The van der Waals surface area contributed by atoms with Gasteiger partial charge < -0.3 is 9.84 Å². The zero-order valence-electron chi connectivity index (χ0n) is 11.9. The third-order valence-corrected chi connectivity index (χ3v) is 4.10. The van der Waals surface area contributed by atoms with Gasteiger partial charge in [-0.15, -0.1) is 0 Å². The molecule has 3 rings (SSSR count). The molecule has 1 aliphatic heterocycles. The first-order valence-corrected chi connectivity index (χ1v) is 7.15. The Hall–Kier alpha value is -2.62. The first kappa shape index (κ1) is 14.3. The molecule has 0 bridgehead atoms. The summed E-state index contributed by atoms with van der Waals surface area (Å²) in [5, 5.41) is 9.66. The van der Waals surface area contributed by atoms with Crippen molar-refractivity contribution in [2.24, 2.45) is 5.41 Å². The van der Waals surface area contributed by atoms with Crippen LogP contribution in [0.1, 0.15) is 23.7 Å². The van der Waals surface area contributed by atoms with E-state index in [-0.39, 0.29) is 12.8 Å². The van der Waals surface area contributed by atoms with Crippen LogP contribution in [0.4, 0.5) is 0 Å². The van der Waals surface area contributed by atoms with Gasteiger partial charge in [0.15, 0.2) is 5.41 Å². The first-order chi connectivity index (χ1) is 10.6. The Labute approximate surface area is 128 Å². The summed E-state index contributed by atoms with van der Waals surface area (Å²) in [6.07, 6.45) is -0.209. The van der Waals surface area contributed by atoms with Gasteiger partial charge in [-0.2, -0.15) is 0 Å². The standard InChI is InChI=1S/C18H16O4/c19-16(20)18(11-13-7-3-1-4-8-13)12-15(22-17(18)21)14-9-5-2-6-10-14/h1-10,15H,11-12H2,(H,19,20). The fourth-order valence-electron chi connectivity index (χ4n) is 2.88. The monoisotopic (exact) mass is 296 g/mol. The van der Waals surface area contributed by atoms with Gasteiger partial charge in [0.25, 0.3) is 0 Å². The summed E-state index contributed by atoms with van der Waals surface area (Å²) in [5.41, 5.74) is 0.129. The van der Waals surface area contributed by atoms with Crippen LogP contribution in [0.5, 0.6) is 0 Å². The van der Waals surface area contributed by atoms with Crippen molar-refractivity contribution in [1.29, 1.82) is 0 Å². The molecule has 4 heteroatoms. The van der Waals surface area contributed by atoms with E-state index < -0.39 is 23.5 Å². The summed E-state index contributed by atoms with van der Waals surface area (Å²) < 4.78 is 5.38. The van der Waals surface area contributed by atoms with Crippen LogP contribution in [0.3, 0.4) is 0 Å². The molecule has 4 nitrogen and oxygen atoms in total.